The van der Waals surface area contributed by atoms with Crippen LogP contribution in [0.1, 0.15) is 47.2 Å². The lowest BCUT2D eigenvalue weighted by Crippen LogP contribution is -2.27. The number of aromatic amines is 1. The summed E-state index contributed by atoms with van der Waals surface area (Å²) in [5.74, 6) is 1.33. The molecule has 0 aliphatic carbocycles. The quantitative estimate of drug-likeness (QED) is 0.0818. The number of aromatic nitrogens is 1. The number of phenols is 1. The van der Waals surface area contributed by atoms with Crippen LogP contribution in [-0.2, 0) is 6.61 Å². The van der Waals surface area contributed by atoms with Crippen molar-refractivity contribution in [1.82, 2.24) is 15.6 Å². The van der Waals surface area contributed by atoms with Gasteiger partial charge in [0.25, 0.3) is 0 Å². The van der Waals surface area contributed by atoms with Crippen molar-refractivity contribution in [2.24, 2.45) is 0 Å². The number of carbonyl (C=O) groups is 1. The third-order valence-corrected chi connectivity index (χ3v) is 7.52. The number of aliphatic hydroxyl groups excluding tert-OH is 1. The van der Waals surface area contributed by atoms with Crippen LogP contribution in [0, 0.1) is 0 Å². The van der Waals surface area contributed by atoms with Gasteiger partial charge in [-0.15, -0.1) is 0 Å². The number of amides is 1. The van der Waals surface area contributed by atoms with Gasteiger partial charge in [0.2, 0.25) is 5.56 Å². The van der Waals surface area contributed by atoms with E-state index in [1.807, 2.05) is 78.9 Å². The van der Waals surface area contributed by atoms with Gasteiger partial charge >= 0.3 is 6.09 Å². The molecule has 0 saturated carbocycles. The Bertz CT molecular complexity index is 1810. The number of carboxylic acid groups (broad SMARTS) is 1. The van der Waals surface area contributed by atoms with Gasteiger partial charge in [-0.25, -0.2) is 4.79 Å². The first-order valence-electron chi connectivity index (χ1n) is 15.1. The molecule has 0 radical (unpaired) electrons. The van der Waals surface area contributed by atoms with E-state index in [1.54, 1.807) is 12.1 Å². The lowest BCUT2D eigenvalue weighted by molar-refractivity contribution is 0.176. The smallest absolute Gasteiger partial charge is 0.405 e. The van der Waals surface area contributed by atoms with Gasteiger partial charge in [0, 0.05) is 18.0 Å². The van der Waals surface area contributed by atoms with E-state index in [2.05, 4.69) is 15.6 Å². The van der Waals surface area contributed by atoms with Crippen LogP contribution in [0.3, 0.4) is 0 Å². The maximum atomic E-state index is 11.6. The number of hydrogen-bond acceptors (Lipinski definition) is 7. The van der Waals surface area contributed by atoms with Gasteiger partial charge < -0.3 is 40.4 Å². The fourth-order valence-electron chi connectivity index (χ4n) is 5.24. The highest BCUT2D eigenvalue weighted by Crippen LogP contribution is 2.29. The molecule has 0 aliphatic heterocycles. The van der Waals surface area contributed by atoms with Crippen molar-refractivity contribution in [3.63, 3.8) is 0 Å². The molecule has 2 unspecified atom stereocenters. The average Bonchev–Trinajstić information content (AvgIpc) is 3.07. The van der Waals surface area contributed by atoms with Crippen molar-refractivity contribution in [2.75, 3.05) is 19.7 Å². The summed E-state index contributed by atoms with van der Waals surface area (Å²) >= 11 is 0. The molecular formula is C36H37N3O7. The number of benzene rings is 4. The van der Waals surface area contributed by atoms with Crippen LogP contribution in [-0.4, -0.2) is 46.1 Å². The zero-order valence-electron chi connectivity index (χ0n) is 25.2. The van der Waals surface area contributed by atoms with Crippen molar-refractivity contribution in [1.29, 1.82) is 0 Å². The van der Waals surface area contributed by atoms with Crippen molar-refractivity contribution in [3.05, 3.63) is 136 Å². The molecule has 5 rings (SSSR count). The first-order valence-corrected chi connectivity index (χ1v) is 15.1. The van der Waals surface area contributed by atoms with Crippen LogP contribution in [0.5, 0.6) is 17.2 Å². The minimum atomic E-state index is -1.10. The molecule has 2 atom stereocenters. The van der Waals surface area contributed by atoms with Crippen LogP contribution in [0.2, 0.25) is 0 Å². The molecule has 0 aliphatic rings. The Hall–Kier alpha value is -5.32. The lowest BCUT2D eigenvalue weighted by Gasteiger charge is -2.19. The van der Waals surface area contributed by atoms with Gasteiger partial charge in [0.15, 0.2) is 0 Å². The topological polar surface area (TPSA) is 153 Å². The molecule has 238 valence electrons. The number of hydrogen-bond donors (Lipinski definition) is 6. The SMILES string of the molecule is O=C(O)NC(c1ccccc1)c1cccc(OCc2cccc(OCCCCNCC(O)c3ccc(O)c4[nH]c(=O)ccc34)c2)c1. The minimum absolute atomic E-state index is 0.0376. The zero-order chi connectivity index (χ0) is 32.3. The summed E-state index contributed by atoms with van der Waals surface area (Å²) < 4.78 is 12.0. The number of nitrogens with one attached hydrogen (secondary N) is 3. The zero-order valence-corrected chi connectivity index (χ0v) is 25.2. The summed E-state index contributed by atoms with van der Waals surface area (Å²) in [6.07, 6.45) is -0.250. The van der Waals surface area contributed by atoms with Crippen molar-refractivity contribution in [3.8, 4) is 17.2 Å². The molecule has 1 aromatic heterocycles. The van der Waals surface area contributed by atoms with E-state index in [4.69, 9.17) is 9.47 Å². The third kappa shape index (κ3) is 8.65. The predicted octanol–water partition coefficient (Wildman–Crippen LogP) is 5.65. The molecule has 0 saturated heterocycles. The maximum Gasteiger partial charge on any atom is 0.405 e. The number of fused-ring (bicyclic) bond motifs is 1. The van der Waals surface area contributed by atoms with E-state index in [-0.39, 0.29) is 11.3 Å². The van der Waals surface area contributed by atoms with Gasteiger partial charge in [-0.1, -0.05) is 60.7 Å². The molecular weight excluding hydrogens is 586 g/mol. The van der Waals surface area contributed by atoms with Crippen molar-refractivity contribution >= 4 is 17.0 Å². The number of rotatable bonds is 15. The Kier molecular flexibility index (Phi) is 10.9. The van der Waals surface area contributed by atoms with Gasteiger partial charge in [-0.2, -0.15) is 0 Å². The second kappa shape index (κ2) is 15.6. The normalized spacial score (nSPS) is 12.4. The molecule has 1 amide bonds. The Morgan fingerprint density at radius 1 is 0.826 bits per heavy atom. The first-order chi connectivity index (χ1) is 22.4. The molecule has 4 aromatic carbocycles. The van der Waals surface area contributed by atoms with Crippen LogP contribution < -0.4 is 25.7 Å². The number of ether oxygens (including phenoxy) is 2. The summed E-state index contributed by atoms with van der Waals surface area (Å²) in [6.45, 7) is 1.87. The summed E-state index contributed by atoms with van der Waals surface area (Å²) in [7, 11) is 0. The Labute approximate surface area is 266 Å². The standard InChI is InChI=1S/C36H37N3O7/c40-31-16-14-29(30-15-17-33(42)38-35(30)31)32(41)22-37-18-4-5-19-45-27-12-6-8-24(20-27)23-46-28-13-7-11-26(21-28)34(39-36(43)44)25-9-2-1-3-10-25/h1-3,6-17,20-21,32,34,37,39-41H,4-5,18-19,22-23H2,(H,38,42)(H,43,44). The highest BCUT2D eigenvalue weighted by atomic mass is 16.5. The van der Waals surface area contributed by atoms with Crippen LogP contribution in [0.4, 0.5) is 4.79 Å². The monoisotopic (exact) mass is 623 g/mol. The number of unbranched alkanes of at least 4 members (excludes halogenated alkanes) is 1. The highest BCUT2D eigenvalue weighted by molar-refractivity contribution is 5.87. The molecule has 46 heavy (non-hydrogen) atoms. The van der Waals surface area contributed by atoms with Gasteiger partial charge in [-0.3, -0.25) is 4.79 Å². The molecule has 5 aromatic rings. The average molecular weight is 624 g/mol. The molecule has 6 N–H and O–H groups in total. The minimum Gasteiger partial charge on any atom is -0.506 e. The van der Waals surface area contributed by atoms with E-state index in [1.165, 1.54) is 12.1 Å². The lowest BCUT2D eigenvalue weighted by atomic mass is 9.98. The first kappa shape index (κ1) is 32.1. The van der Waals surface area contributed by atoms with E-state index >= 15 is 0 Å². The van der Waals surface area contributed by atoms with Gasteiger partial charge in [-0.05, 0) is 78.0 Å². The van der Waals surface area contributed by atoms with Gasteiger partial charge in [0.1, 0.15) is 23.9 Å². The third-order valence-electron chi connectivity index (χ3n) is 7.52. The summed E-state index contributed by atoms with van der Waals surface area (Å²) in [4.78, 5) is 25.7. The van der Waals surface area contributed by atoms with E-state index < -0.39 is 18.2 Å². The van der Waals surface area contributed by atoms with Crippen LogP contribution in [0.25, 0.3) is 10.9 Å². The second-order valence-electron chi connectivity index (χ2n) is 10.9. The van der Waals surface area contributed by atoms with Crippen LogP contribution in [0.15, 0.2) is 108 Å². The molecule has 0 spiro atoms. The second-order valence-corrected chi connectivity index (χ2v) is 10.9. The number of aliphatic hydroxyl groups is 1. The fourth-order valence-corrected chi connectivity index (χ4v) is 5.24. The number of H-pyrrole nitrogens is 1. The highest BCUT2D eigenvalue weighted by Gasteiger charge is 2.17. The number of phenolic OH excluding ortho intramolecular Hbond substituents is 1. The molecule has 10 heteroatoms. The Balaban J connectivity index is 1.05. The molecule has 10 nitrogen and oxygen atoms in total. The summed E-state index contributed by atoms with van der Waals surface area (Å²) in [5.41, 5.74) is 3.17. The maximum absolute atomic E-state index is 11.6. The van der Waals surface area contributed by atoms with Crippen molar-refractivity contribution in [2.45, 2.75) is 31.6 Å². The molecule has 1 heterocycles. The van der Waals surface area contributed by atoms with Gasteiger partial charge in [0.05, 0.1) is 24.3 Å². The van der Waals surface area contributed by atoms with Crippen LogP contribution >= 0.6 is 0 Å². The van der Waals surface area contributed by atoms with Crippen molar-refractivity contribution < 1.29 is 29.6 Å². The van der Waals surface area contributed by atoms with E-state index in [9.17, 15) is 24.9 Å². The summed E-state index contributed by atoms with van der Waals surface area (Å²) in [5, 5.41) is 36.6. The summed E-state index contributed by atoms with van der Waals surface area (Å²) in [6, 6.07) is 30.1. The number of pyridine rings is 1. The number of aromatic hydroxyl groups is 1. The molecule has 0 bridgehead atoms. The Morgan fingerprint density at radius 2 is 1.59 bits per heavy atom. The fraction of sp³-hybridized carbons (Fsp3) is 0.222. The largest absolute Gasteiger partial charge is 0.506 e. The van der Waals surface area contributed by atoms with E-state index in [0.29, 0.717) is 48.5 Å². The Morgan fingerprint density at radius 3 is 2.39 bits per heavy atom. The molecule has 0 fully saturated rings. The predicted molar refractivity (Wildman–Crippen MR) is 175 cm³/mol. The van der Waals surface area contributed by atoms with E-state index in [0.717, 1.165) is 35.3 Å².